The number of hydrogen-bond acceptors (Lipinski definition) is 8. The van der Waals surface area contributed by atoms with E-state index in [1.165, 1.54) is 35.2 Å². The number of rotatable bonds is 10. The van der Waals surface area contributed by atoms with Crippen LogP contribution in [0.25, 0.3) is 11.3 Å². The highest BCUT2D eigenvalue weighted by molar-refractivity contribution is 8.00. The molecule has 0 spiro atoms. The van der Waals surface area contributed by atoms with Gasteiger partial charge in [0.1, 0.15) is 11.0 Å². The van der Waals surface area contributed by atoms with Crippen molar-refractivity contribution in [2.75, 3.05) is 17.7 Å². The number of nitrogens with zero attached hydrogens (tertiary/aromatic N) is 2. The Kier molecular flexibility index (Phi) is 8.90. The zero-order valence-corrected chi connectivity index (χ0v) is 23.9. The number of nitro groups is 1. The lowest BCUT2D eigenvalue weighted by molar-refractivity contribution is -0.384. The third kappa shape index (κ3) is 7.00. The maximum absolute atomic E-state index is 13.5. The van der Waals surface area contributed by atoms with Gasteiger partial charge in [0.2, 0.25) is 5.91 Å². The molecule has 0 fully saturated rings. The summed E-state index contributed by atoms with van der Waals surface area (Å²) in [4.78, 5) is 42.2. The molecule has 9 nitrogen and oxygen atoms in total. The number of carbonyl (C=O) groups is 2. The lowest BCUT2D eigenvalue weighted by Crippen LogP contribution is -2.19. The summed E-state index contributed by atoms with van der Waals surface area (Å²) >= 11 is 2.61. The number of hydrogen-bond donors (Lipinski definition) is 2. The molecule has 42 heavy (non-hydrogen) atoms. The lowest BCUT2D eigenvalue weighted by Gasteiger charge is -2.16. The molecule has 0 aliphatic carbocycles. The number of thiazole rings is 1. The zero-order chi connectivity index (χ0) is 29.5. The number of nitrogens with one attached hydrogen (secondary N) is 2. The number of aromatic nitrogens is 1. The highest BCUT2D eigenvalue weighted by Gasteiger charge is 2.23. The monoisotopic (exact) mass is 596 g/mol. The average Bonchev–Trinajstić information content (AvgIpc) is 3.49. The van der Waals surface area contributed by atoms with E-state index in [4.69, 9.17) is 4.74 Å². The Hall–Kier alpha value is -5.00. The number of thioether (sulfide) groups is 1. The van der Waals surface area contributed by atoms with E-state index in [1.54, 1.807) is 61.0 Å². The van der Waals surface area contributed by atoms with Gasteiger partial charge in [-0.25, -0.2) is 4.98 Å². The summed E-state index contributed by atoms with van der Waals surface area (Å²) in [5.74, 6) is 0.0722. The topological polar surface area (TPSA) is 123 Å². The SMILES string of the molecule is COc1cccc(C(=O)Nc2ccc(SC(C(=O)Nc3nc(-c4cccc([N+](=O)[O-])c4)cs3)c3ccccc3)cc2)c1. The number of non-ortho nitro benzene ring substituents is 1. The molecule has 0 aliphatic heterocycles. The van der Waals surface area contributed by atoms with Gasteiger partial charge in [-0.1, -0.05) is 48.5 Å². The van der Waals surface area contributed by atoms with Gasteiger partial charge in [-0.3, -0.25) is 19.7 Å². The van der Waals surface area contributed by atoms with Gasteiger partial charge in [-0.05, 0) is 48.0 Å². The number of anilines is 2. The molecule has 0 radical (unpaired) electrons. The molecule has 11 heteroatoms. The molecule has 5 aromatic rings. The minimum absolute atomic E-state index is 0.0301. The second-order valence-electron chi connectivity index (χ2n) is 8.95. The maximum atomic E-state index is 13.5. The number of methoxy groups -OCH3 is 1. The fraction of sp³-hybridized carbons (Fsp3) is 0.0645. The van der Waals surface area contributed by atoms with Crippen LogP contribution < -0.4 is 15.4 Å². The van der Waals surface area contributed by atoms with E-state index in [9.17, 15) is 19.7 Å². The Morgan fingerprint density at radius 2 is 1.69 bits per heavy atom. The summed E-state index contributed by atoms with van der Waals surface area (Å²) < 4.78 is 5.19. The Morgan fingerprint density at radius 1 is 0.929 bits per heavy atom. The van der Waals surface area contributed by atoms with Gasteiger partial charge < -0.3 is 15.4 Å². The van der Waals surface area contributed by atoms with E-state index in [0.29, 0.717) is 33.4 Å². The molecule has 0 aliphatic rings. The van der Waals surface area contributed by atoms with Crippen LogP contribution in [0.2, 0.25) is 0 Å². The third-order valence-electron chi connectivity index (χ3n) is 6.13. The smallest absolute Gasteiger partial charge is 0.270 e. The van der Waals surface area contributed by atoms with Gasteiger partial charge in [-0.2, -0.15) is 0 Å². The first-order valence-corrected chi connectivity index (χ1v) is 14.4. The van der Waals surface area contributed by atoms with Crippen molar-refractivity contribution in [2.45, 2.75) is 10.1 Å². The summed E-state index contributed by atoms with van der Waals surface area (Å²) in [6, 6.07) is 29.8. The highest BCUT2D eigenvalue weighted by Crippen LogP contribution is 2.37. The number of benzene rings is 4. The molecule has 0 saturated carbocycles. The minimum atomic E-state index is -0.589. The third-order valence-corrected chi connectivity index (χ3v) is 8.15. The Bertz CT molecular complexity index is 1730. The summed E-state index contributed by atoms with van der Waals surface area (Å²) in [5, 5.41) is 18.5. The quantitative estimate of drug-likeness (QED) is 0.0975. The average molecular weight is 597 g/mol. The van der Waals surface area contributed by atoms with E-state index < -0.39 is 10.2 Å². The van der Waals surface area contributed by atoms with Gasteiger partial charge in [0.05, 0.1) is 17.7 Å². The summed E-state index contributed by atoms with van der Waals surface area (Å²) in [6.07, 6.45) is 0. The Labute approximate surface area is 249 Å². The predicted molar refractivity (Wildman–Crippen MR) is 165 cm³/mol. The van der Waals surface area contributed by atoms with Crippen molar-refractivity contribution < 1.29 is 19.2 Å². The highest BCUT2D eigenvalue weighted by atomic mass is 32.2. The molecule has 1 heterocycles. The first kappa shape index (κ1) is 28.5. The first-order valence-electron chi connectivity index (χ1n) is 12.7. The van der Waals surface area contributed by atoms with Crippen LogP contribution in [-0.4, -0.2) is 28.8 Å². The molecular weight excluding hydrogens is 572 g/mol. The van der Waals surface area contributed by atoms with E-state index in [-0.39, 0.29) is 17.5 Å². The fourth-order valence-electron chi connectivity index (χ4n) is 4.03. The largest absolute Gasteiger partial charge is 0.497 e. The van der Waals surface area contributed by atoms with Crippen LogP contribution >= 0.6 is 23.1 Å². The van der Waals surface area contributed by atoms with Gasteiger partial charge in [0.25, 0.3) is 11.6 Å². The fourth-order valence-corrected chi connectivity index (χ4v) is 5.78. The molecule has 210 valence electrons. The van der Waals surface area contributed by atoms with Crippen LogP contribution in [0.5, 0.6) is 5.75 Å². The van der Waals surface area contributed by atoms with Crippen molar-refractivity contribution >= 4 is 51.4 Å². The number of nitro benzene ring substituents is 1. The summed E-state index contributed by atoms with van der Waals surface area (Å²) in [7, 11) is 1.55. The molecule has 1 atom stereocenters. The second kappa shape index (κ2) is 13.1. The molecule has 5 rings (SSSR count). The van der Waals surface area contributed by atoms with E-state index in [2.05, 4.69) is 15.6 Å². The van der Waals surface area contributed by atoms with Gasteiger partial charge in [0.15, 0.2) is 5.13 Å². The van der Waals surface area contributed by atoms with Crippen LogP contribution in [0, 0.1) is 10.1 Å². The van der Waals surface area contributed by atoms with E-state index >= 15 is 0 Å². The van der Waals surface area contributed by atoms with Crippen molar-refractivity contribution in [3.8, 4) is 17.0 Å². The van der Waals surface area contributed by atoms with Crippen molar-refractivity contribution in [3.63, 3.8) is 0 Å². The second-order valence-corrected chi connectivity index (χ2v) is 11.0. The summed E-state index contributed by atoms with van der Waals surface area (Å²) in [6.45, 7) is 0. The first-order chi connectivity index (χ1) is 20.4. The van der Waals surface area contributed by atoms with Crippen LogP contribution in [0.1, 0.15) is 21.2 Å². The molecule has 0 bridgehead atoms. The van der Waals surface area contributed by atoms with E-state index in [0.717, 1.165) is 10.5 Å². The van der Waals surface area contributed by atoms with Crippen molar-refractivity contribution in [3.05, 3.63) is 130 Å². The van der Waals surface area contributed by atoms with Crippen molar-refractivity contribution in [1.29, 1.82) is 0 Å². The van der Waals surface area contributed by atoms with Crippen LogP contribution in [0.3, 0.4) is 0 Å². The lowest BCUT2D eigenvalue weighted by atomic mass is 10.1. The van der Waals surface area contributed by atoms with Crippen molar-refractivity contribution in [1.82, 2.24) is 4.98 Å². The Morgan fingerprint density at radius 3 is 2.43 bits per heavy atom. The molecule has 1 unspecified atom stereocenters. The summed E-state index contributed by atoms with van der Waals surface area (Å²) in [5.41, 5.74) is 3.00. The molecule has 1 aromatic heterocycles. The maximum Gasteiger partial charge on any atom is 0.270 e. The number of amides is 2. The van der Waals surface area contributed by atoms with Crippen molar-refractivity contribution in [2.24, 2.45) is 0 Å². The van der Waals surface area contributed by atoms with Crippen LogP contribution in [0.4, 0.5) is 16.5 Å². The zero-order valence-electron chi connectivity index (χ0n) is 22.2. The molecule has 2 amide bonds. The molecule has 4 aromatic carbocycles. The van der Waals surface area contributed by atoms with Gasteiger partial charge in [0, 0.05) is 39.2 Å². The van der Waals surface area contributed by atoms with Crippen LogP contribution in [0.15, 0.2) is 113 Å². The Balaban J connectivity index is 1.29. The normalized spacial score (nSPS) is 11.4. The van der Waals surface area contributed by atoms with E-state index in [1.807, 2.05) is 42.5 Å². The minimum Gasteiger partial charge on any atom is -0.497 e. The standard InChI is InChI=1S/C31H24N4O5S2/c1-40-25-12-6-10-22(18-25)29(36)32-23-13-15-26(16-14-23)42-28(20-7-3-2-4-8-20)30(37)34-31-33-27(19-41-31)21-9-5-11-24(17-21)35(38)39/h2-19,28H,1H3,(H,32,36)(H,33,34,37). The molecule has 2 N–H and O–H groups in total. The molecule has 0 saturated heterocycles. The predicted octanol–water partition coefficient (Wildman–Crippen LogP) is 7.45. The molecular formula is C31H24N4O5S2. The number of ether oxygens (including phenoxy) is 1. The van der Waals surface area contributed by atoms with Gasteiger partial charge in [-0.15, -0.1) is 23.1 Å². The van der Waals surface area contributed by atoms with Crippen LogP contribution in [-0.2, 0) is 4.79 Å². The van der Waals surface area contributed by atoms with Gasteiger partial charge >= 0.3 is 0 Å². The number of carbonyl (C=O) groups excluding carboxylic acids is 2.